The van der Waals surface area contributed by atoms with Crippen molar-refractivity contribution >= 4 is 21.4 Å². The van der Waals surface area contributed by atoms with Crippen molar-refractivity contribution in [1.29, 1.82) is 0 Å². The molecule has 0 fully saturated rings. The number of nitrogens with two attached hydrogens (primary N) is 1. The summed E-state index contributed by atoms with van der Waals surface area (Å²) in [6.07, 6.45) is 1.11. The molecule has 0 spiro atoms. The van der Waals surface area contributed by atoms with Gasteiger partial charge in [-0.15, -0.1) is 0 Å². The number of aromatic nitrogens is 2. The number of rotatable bonds is 2. The second-order valence-electron chi connectivity index (χ2n) is 2.98. The van der Waals surface area contributed by atoms with Gasteiger partial charge in [-0.2, -0.15) is 5.10 Å². The summed E-state index contributed by atoms with van der Waals surface area (Å²) < 4.78 is 2.51. The third-order valence-corrected chi connectivity index (χ3v) is 2.86. The van der Waals surface area contributed by atoms with Crippen LogP contribution in [0.5, 0.6) is 0 Å². The number of halogens is 1. The molecule has 5 heteroatoms. The minimum absolute atomic E-state index is 0.169. The number of fused-ring (bicyclic) bond motifs is 1. The van der Waals surface area contributed by atoms with Gasteiger partial charge < -0.3 is 10.8 Å². The summed E-state index contributed by atoms with van der Waals surface area (Å²) >= 11 is 3.39. The molecule has 3 N–H and O–H groups in total. The smallest absolute Gasteiger partial charge is 0.111 e. The summed E-state index contributed by atoms with van der Waals surface area (Å²) in [5.74, 6) is 0. The molecule has 0 aromatic carbocycles. The van der Waals surface area contributed by atoms with Crippen LogP contribution in [0.4, 0.5) is 0 Å². The number of aliphatic hydroxyl groups excluding tert-OH is 1. The maximum atomic E-state index is 9.58. The largest absolute Gasteiger partial charge is 0.385 e. The van der Waals surface area contributed by atoms with E-state index in [1.807, 2.05) is 24.4 Å². The van der Waals surface area contributed by atoms with Gasteiger partial charge in [0, 0.05) is 12.7 Å². The van der Waals surface area contributed by atoms with Gasteiger partial charge in [-0.25, -0.2) is 4.52 Å². The van der Waals surface area contributed by atoms with E-state index in [0.29, 0.717) is 5.69 Å². The van der Waals surface area contributed by atoms with Crippen LogP contribution >= 0.6 is 15.9 Å². The fourth-order valence-electron chi connectivity index (χ4n) is 1.31. The van der Waals surface area contributed by atoms with Crippen LogP contribution in [0.1, 0.15) is 11.8 Å². The number of pyridine rings is 1. The van der Waals surface area contributed by atoms with Crippen molar-refractivity contribution in [3.63, 3.8) is 0 Å². The summed E-state index contributed by atoms with van der Waals surface area (Å²) in [5, 5.41) is 13.8. The zero-order valence-corrected chi connectivity index (χ0v) is 8.98. The quantitative estimate of drug-likeness (QED) is 0.845. The van der Waals surface area contributed by atoms with E-state index in [9.17, 15) is 5.11 Å². The predicted molar refractivity (Wildman–Crippen MR) is 56.9 cm³/mol. The van der Waals surface area contributed by atoms with Gasteiger partial charge in [-0.3, -0.25) is 0 Å². The zero-order valence-electron chi connectivity index (χ0n) is 7.39. The van der Waals surface area contributed by atoms with Crippen LogP contribution in [0.25, 0.3) is 5.52 Å². The highest BCUT2D eigenvalue weighted by Gasteiger charge is 2.15. The first-order valence-electron chi connectivity index (χ1n) is 4.25. The molecule has 0 saturated heterocycles. The number of aliphatic hydroxyl groups is 1. The van der Waals surface area contributed by atoms with E-state index < -0.39 is 6.10 Å². The molecule has 14 heavy (non-hydrogen) atoms. The monoisotopic (exact) mass is 255 g/mol. The summed E-state index contributed by atoms with van der Waals surface area (Å²) in [6.45, 7) is 0.169. The van der Waals surface area contributed by atoms with E-state index in [1.54, 1.807) is 4.52 Å². The molecule has 0 aliphatic heterocycles. The Bertz CT molecular complexity index is 454. The Labute approximate surface area is 89.5 Å². The molecule has 4 nitrogen and oxygen atoms in total. The molecule has 2 aromatic rings. The maximum absolute atomic E-state index is 9.58. The van der Waals surface area contributed by atoms with E-state index in [-0.39, 0.29) is 6.54 Å². The molecule has 0 aliphatic rings. The normalized spacial score (nSPS) is 13.4. The average molecular weight is 256 g/mol. The van der Waals surface area contributed by atoms with Gasteiger partial charge in [0.15, 0.2) is 0 Å². The van der Waals surface area contributed by atoms with Crippen LogP contribution in [0, 0.1) is 0 Å². The van der Waals surface area contributed by atoms with Crippen molar-refractivity contribution in [2.75, 3.05) is 6.54 Å². The third kappa shape index (κ3) is 1.43. The Morgan fingerprint density at radius 2 is 2.36 bits per heavy atom. The molecular weight excluding hydrogens is 246 g/mol. The topological polar surface area (TPSA) is 63.5 Å². The first-order chi connectivity index (χ1) is 6.74. The Hall–Kier alpha value is -0.910. The minimum atomic E-state index is -0.718. The van der Waals surface area contributed by atoms with Crippen molar-refractivity contribution < 1.29 is 5.11 Å². The minimum Gasteiger partial charge on any atom is -0.385 e. The lowest BCUT2D eigenvalue weighted by molar-refractivity contribution is 0.180. The molecule has 1 atom stereocenters. The lowest BCUT2D eigenvalue weighted by Crippen LogP contribution is -2.12. The SMILES string of the molecule is NCC(O)c1nn2ccccc2c1Br. The summed E-state index contributed by atoms with van der Waals surface area (Å²) in [7, 11) is 0. The van der Waals surface area contributed by atoms with Gasteiger partial charge in [-0.05, 0) is 28.1 Å². The number of hydrogen-bond acceptors (Lipinski definition) is 3. The van der Waals surface area contributed by atoms with Gasteiger partial charge in [0.05, 0.1) is 9.99 Å². The van der Waals surface area contributed by atoms with Crippen molar-refractivity contribution in [3.8, 4) is 0 Å². The van der Waals surface area contributed by atoms with Crippen molar-refractivity contribution in [2.24, 2.45) is 5.73 Å². The Balaban J connectivity index is 2.62. The molecule has 1 unspecified atom stereocenters. The molecule has 0 aliphatic carbocycles. The molecule has 2 aromatic heterocycles. The fraction of sp³-hybridized carbons (Fsp3) is 0.222. The number of nitrogens with zero attached hydrogens (tertiary/aromatic N) is 2. The van der Waals surface area contributed by atoms with Crippen LogP contribution in [-0.4, -0.2) is 21.3 Å². The van der Waals surface area contributed by atoms with Crippen molar-refractivity contribution in [1.82, 2.24) is 9.61 Å². The van der Waals surface area contributed by atoms with Gasteiger partial charge in [-0.1, -0.05) is 6.07 Å². The molecular formula is C9H10BrN3O. The first kappa shape index (κ1) is 9.64. The Morgan fingerprint density at radius 1 is 1.57 bits per heavy atom. The molecule has 2 rings (SSSR count). The third-order valence-electron chi connectivity index (χ3n) is 2.04. The highest BCUT2D eigenvalue weighted by molar-refractivity contribution is 9.10. The van der Waals surface area contributed by atoms with Crippen LogP contribution in [0.3, 0.4) is 0 Å². The molecule has 0 saturated carbocycles. The van der Waals surface area contributed by atoms with Crippen LogP contribution in [0.15, 0.2) is 28.9 Å². The Morgan fingerprint density at radius 3 is 3.00 bits per heavy atom. The Kier molecular flexibility index (Phi) is 2.54. The highest BCUT2D eigenvalue weighted by atomic mass is 79.9. The van der Waals surface area contributed by atoms with Gasteiger partial charge in [0.1, 0.15) is 11.8 Å². The maximum Gasteiger partial charge on any atom is 0.111 e. The summed E-state index contributed by atoms with van der Waals surface area (Å²) in [5.41, 5.74) is 6.88. The molecule has 2 heterocycles. The van der Waals surface area contributed by atoms with E-state index in [2.05, 4.69) is 21.0 Å². The molecule has 0 amide bonds. The molecule has 0 radical (unpaired) electrons. The van der Waals surface area contributed by atoms with E-state index in [1.165, 1.54) is 0 Å². The fourth-order valence-corrected chi connectivity index (χ4v) is 1.97. The van der Waals surface area contributed by atoms with Crippen LogP contribution in [-0.2, 0) is 0 Å². The van der Waals surface area contributed by atoms with Crippen molar-refractivity contribution in [2.45, 2.75) is 6.10 Å². The predicted octanol–water partition coefficient (Wildman–Crippen LogP) is 1.09. The van der Waals surface area contributed by atoms with Crippen molar-refractivity contribution in [3.05, 3.63) is 34.6 Å². The van der Waals surface area contributed by atoms with Gasteiger partial charge >= 0.3 is 0 Å². The van der Waals surface area contributed by atoms with Crippen LogP contribution in [0.2, 0.25) is 0 Å². The second-order valence-corrected chi connectivity index (χ2v) is 3.77. The lowest BCUT2D eigenvalue weighted by atomic mass is 10.2. The molecule has 74 valence electrons. The first-order valence-corrected chi connectivity index (χ1v) is 5.04. The van der Waals surface area contributed by atoms with E-state index in [0.717, 1.165) is 9.99 Å². The van der Waals surface area contributed by atoms with Gasteiger partial charge in [0.2, 0.25) is 0 Å². The molecule has 0 bridgehead atoms. The standard InChI is InChI=1S/C9H10BrN3O/c10-8-6-3-1-2-4-13(6)12-9(8)7(14)5-11/h1-4,7,14H,5,11H2. The summed E-state index contributed by atoms with van der Waals surface area (Å²) in [4.78, 5) is 0. The van der Waals surface area contributed by atoms with E-state index >= 15 is 0 Å². The second kappa shape index (κ2) is 3.68. The number of hydrogen-bond donors (Lipinski definition) is 2. The summed E-state index contributed by atoms with van der Waals surface area (Å²) in [6, 6.07) is 5.72. The lowest BCUT2D eigenvalue weighted by Gasteiger charge is -2.02. The highest BCUT2D eigenvalue weighted by Crippen LogP contribution is 2.26. The van der Waals surface area contributed by atoms with Gasteiger partial charge in [0.25, 0.3) is 0 Å². The average Bonchev–Trinajstić information content (AvgIpc) is 2.56. The zero-order chi connectivity index (χ0) is 10.1. The van der Waals surface area contributed by atoms with Crippen LogP contribution < -0.4 is 5.73 Å². The van der Waals surface area contributed by atoms with E-state index in [4.69, 9.17) is 5.73 Å².